The van der Waals surface area contributed by atoms with Gasteiger partial charge in [0.1, 0.15) is 8.07 Å². The molecule has 1 nitrogen and oxygen atoms in total. The van der Waals surface area contributed by atoms with E-state index in [-0.39, 0.29) is 5.95 Å². The van der Waals surface area contributed by atoms with E-state index in [1.165, 1.54) is 5.19 Å². The number of hydrogen-bond acceptors (Lipinski definition) is 0. The molecule has 2 aromatic carbocycles. The number of aromatic nitrogens is 1. The van der Waals surface area contributed by atoms with Crippen molar-refractivity contribution in [3.8, 4) is 0 Å². The Morgan fingerprint density at radius 1 is 0.833 bits per heavy atom. The summed E-state index contributed by atoms with van der Waals surface area (Å²) in [5.74, 6) is -0.0180. The normalized spacial score (nSPS) is 13.2. The van der Waals surface area contributed by atoms with Crippen molar-refractivity contribution in [1.82, 2.24) is 4.23 Å². The first-order valence-corrected chi connectivity index (χ1v) is 16.6. The zero-order valence-corrected chi connectivity index (χ0v) is 22.3. The molecular formula is C25H35ClFNSi2. The van der Waals surface area contributed by atoms with Crippen LogP contribution >= 0.6 is 11.6 Å². The zero-order valence-electron chi connectivity index (χ0n) is 19.6. The highest BCUT2D eigenvalue weighted by molar-refractivity contribution is 7.02. The van der Waals surface area contributed by atoms with E-state index in [1.54, 1.807) is 0 Å². The Hall–Kier alpha value is -1.37. The van der Waals surface area contributed by atoms with Crippen LogP contribution in [0.3, 0.4) is 0 Å². The summed E-state index contributed by atoms with van der Waals surface area (Å²) in [6.45, 7) is 18.2. The lowest BCUT2D eigenvalue weighted by atomic mass is 10.2. The molecule has 3 rings (SSSR count). The molecule has 0 N–H and O–H groups in total. The van der Waals surface area contributed by atoms with Crippen molar-refractivity contribution in [3.05, 3.63) is 59.5 Å². The van der Waals surface area contributed by atoms with Crippen LogP contribution in [0.5, 0.6) is 0 Å². The zero-order chi connectivity index (χ0) is 22.4. The van der Waals surface area contributed by atoms with E-state index in [0.717, 1.165) is 16.1 Å². The maximum atomic E-state index is 16.8. The van der Waals surface area contributed by atoms with Crippen LogP contribution in [0.4, 0.5) is 4.39 Å². The van der Waals surface area contributed by atoms with Crippen LogP contribution in [0.15, 0.2) is 48.5 Å². The van der Waals surface area contributed by atoms with Gasteiger partial charge in [0, 0.05) is 21.1 Å². The van der Waals surface area contributed by atoms with E-state index in [0.29, 0.717) is 21.6 Å². The lowest BCUT2D eigenvalue weighted by molar-refractivity contribution is 0.566. The molecule has 3 aromatic rings. The molecule has 0 fully saturated rings. The summed E-state index contributed by atoms with van der Waals surface area (Å²) in [5, 5.41) is 3.81. The first-order chi connectivity index (χ1) is 14.0. The van der Waals surface area contributed by atoms with E-state index in [4.69, 9.17) is 11.6 Å². The third kappa shape index (κ3) is 3.41. The minimum atomic E-state index is -2.28. The summed E-state index contributed by atoms with van der Waals surface area (Å²) in [5.41, 5.74) is 2.25. The fourth-order valence-corrected chi connectivity index (χ4v) is 15.7. The largest absolute Gasteiger partial charge is 0.345 e. The molecule has 1 heterocycles. The number of hydrogen-bond donors (Lipinski definition) is 0. The Bertz CT molecular complexity index is 1020. The predicted octanol–water partition coefficient (Wildman–Crippen LogP) is 7.28. The van der Waals surface area contributed by atoms with Crippen LogP contribution in [0.2, 0.25) is 34.7 Å². The Labute approximate surface area is 188 Å². The quantitative estimate of drug-likeness (QED) is 0.341. The first kappa shape index (κ1) is 23.3. The summed E-state index contributed by atoms with van der Waals surface area (Å²) >= 11 is 6.45. The molecule has 0 aliphatic carbocycles. The van der Waals surface area contributed by atoms with Crippen LogP contribution in [-0.2, 0) is 0 Å². The number of nitrogens with zero attached hydrogens (tertiary/aromatic N) is 1. The summed E-state index contributed by atoms with van der Waals surface area (Å²) in [4.78, 5) is 0. The molecule has 0 amide bonds. The highest BCUT2D eigenvalue weighted by Crippen LogP contribution is 2.45. The monoisotopic (exact) mass is 459 g/mol. The minimum absolute atomic E-state index is 0.0180. The van der Waals surface area contributed by atoms with Gasteiger partial charge >= 0.3 is 0 Å². The Balaban J connectivity index is 2.49. The van der Waals surface area contributed by atoms with Gasteiger partial charge in [-0.05, 0) is 34.8 Å². The molecule has 0 aliphatic rings. The summed E-state index contributed by atoms with van der Waals surface area (Å²) < 4.78 is 18.9. The van der Waals surface area contributed by atoms with Gasteiger partial charge in [0.15, 0.2) is 14.2 Å². The van der Waals surface area contributed by atoms with Crippen LogP contribution in [0, 0.1) is 5.95 Å². The first-order valence-electron chi connectivity index (χ1n) is 11.0. The van der Waals surface area contributed by atoms with Crippen molar-refractivity contribution in [2.24, 2.45) is 0 Å². The Morgan fingerprint density at radius 3 is 1.87 bits per heavy atom. The third-order valence-electron chi connectivity index (χ3n) is 7.15. The van der Waals surface area contributed by atoms with Gasteiger partial charge in [0.2, 0.25) is 0 Å². The number of rotatable bonds is 6. The number of halogens is 2. The second-order valence-electron chi connectivity index (χ2n) is 10.0. The van der Waals surface area contributed by atoms with Crippen molar-refractivity contribution >= 4 is 49.2 Å². The highest BCUT2D eigenvalue weighted by atomic mass is 35.5. The lowest BCUT2D eigenvalue weighted by Gasteiger charge is -2.44. The molecule has 0 bridgehead atoms. The minimum Gasteiger partial charge on any atom is -0.345 e. The van der Waals surface area contributed by atoms with Crippen LogP contribution in [0.25, 0.3) is 10.9 Å². The number of fused-ring (bicyclic) bond motifs is 1. The predicted molar refractivity (Wildman–Crippen MR) is 137 cm³/mol. The molecule has 0 unspecified atom stereocenters. The molecule has 1 aromatic heterocycles. The molecule has 0 saturated heterocycles. The Morgan fingerprint density at radius 2 is 1.37 bits per heavy atom. The van der Waals surface area contributed by atoms with Crippen LogP contribution < -0.4 is 10.4 Å². The second-order valence-corrected chi connectivity index (χ2v) is 20.5. The van der Waals surface area contributed by atoms with Gasteiger partial charge in [0.05, 0.1) is 0 Å². The van der Waals surface area contributed by atoms with Crippen molar-refractivity contribution in [2.45, 2.75) is 71.3 Å². The van der Waals surface area contributed by atoms with Crippen molar-refractivity contribution in [1.29, 1.82) is 0 Å². The van der Waals surface area contributed by atoms with Crippen molar-refractivity contribution in [2.75, 3.05) is 0 Å². The third-order valence-corrected chi connectivity index (χ3v) is 17.7. The van der Waals surface area contributed by atoms with Gasteiger partial charge in [-0.1, -0.05) is 102 Å². The summed E-state index contributed by atoms with van der Waals surface area (Å²) in [7, 11) is -4.55. The maximum absolute atomic E-state index is 16.8. The van der Waals surface area contributed by atoms with Gasteiger partial charge < -0.3 is 4.23 Å². The molecule has 0 spiro atoms. The summed E-state index contributed by atoms with van der Waals surface area (Å²) in [6.07, 6.45) is 0. The van der Waals surface area contributed by atoms with Gasteiger partial charge in [-0.2, -0.15) is 4.39 Å². The molecule has 5 heteroatoms. The molecule has 162 valence electrons. The van der Waals surface area contributed by atoms with Gasteiger partial charge in [0.25, 0.3) is 0 Å². The standard InChI is InChI=1S/C25H35ClFNSi2/c1-17(2)30(18(3)4,19(5)6)28-23-15-14-20(26)16-22(23)24(25(28)27)29(7,8)21-12-10-9-11-13-21/h9-19H,1-8H3. The Kier molecular flexibility index (Phi) is 6.44. The molecule has 30 heavy (non-hydrogen) atoms. The molecule has 0 aliphatic heterocycles. The van der Waals surface area contributed by atoms with E-state index < -0.39 is 16.3 Å². The fraction of sp³-hybridized carbons (Fsp3) is 0.440. The van der Waals surface area contributed by atoms with Gasteiger partial charge in [-0.15, -0.1) is 0 Å². The average molecular weight is 460 g/mol. The summed E-state index contributed by atoms with van der Waals surface area (Å²) in [6, 6.07) is 16.4. The molecule has 0 radical (unpaired) electrons. The van der Waals surface area contributed by atoms with Crippen LogP contribution in [-0.4, -0.2) is 20.5 Å². The van der Waals surface area contributed by atoms with E-state index in [2.05, 4.69) is 89.2 Å². The second kappa shape index (κ2) is 8.29. The average Bonchev–Trinajstić information content (AvgIpc) is 2.94. The van der Waals surface area contributed by atoms with Crippen molar-refractivity contribution in [3.63, 3.8) is 0 Å². The van der Waals surface area contributed by atoms with Gasteiger partial charge in [-0.25, -0.2) is 0 Å². The van der Waals surface area contributed by atoms with Crippen molar-refractivity contribution < 1.29 is 4.39 Å². The highest BCUT2D eigenvalue weighted by Gasteiger charge is 2.49. The van der Waals surface area contributed by atoms with E-state index in [1.807, 2.05) is 18.2 Å². The van der Waals surface area contributed by atoms with E-state index in [9.17, 15) is 0 Å². The molecule has 0 atom stereocenters. The smallest absolute Gasteiger partial charge is 0.186 e. The van der Waals surface area contributed by atoms with E-state index >= 15 is 4.39 Å². The topological polar surface area (TPSA) is 4.93 Å². The molecule has 0 saturated carbocycles. The maximum Gasteiger partial charge on any atom is 0.186 e. The SMILES string of the molecule is CC(C)[Si](C(C)C)(C(C)C)n1c(F)c([Si](C)(C)c2ccccc2)c2cc(Cl)ccc21. The lowest BCUT2D eigenvalue weighted by Crippen LogP contribution is -2.56. The number of benzene rings is 2. The molecular weight excluding hydrogens is 425 g/mol. The van der Waals surface area contributed by atoms with Crippen LogP contribution in [0.1, 0.15) is 41.5 Å². The van der Waals surface area contributed by atoms with Gasteiger partial charge in [-0.3, -0.25) is 0 Å². The fourth-order valence-electron chi connectivity index (χ4n) is 5.98.